The fraction of sp³-hybridized carbons (Fsp3) is 0.500. The van der Waals surface area contributed by atoms with Gasteiger partial charge in [0.15, 0.2) is 0 Å². The van der Waals surface area contributed by atoms with Crippen LogP contribution in [0, 0.1) is 0 Å². The van der Waals surface area contributed by atoms with Gasteiger partial charge in [0.25, 0.3) is 0 Å². The zero-order valence-electron chi connectivity index (χ0n) is 18.3. The minimum Gasteiger partial charge on any atom is -0.496 e. The molecule has 0 aliphatic carbocycles. The Morgan fingerprint density at radius 1 is 0.967 bits per heavy atom. The Morgan fingerprint density at radius 2 is 1.67 bits per heavy atom. The summed E-state index contributed by atoms with van der Waals surface area (Å²) >= 11 is 0. The van der Waals surface area contributed by atoms with Crippen LogP contribution < -0.4 is 14.2 Å². The van der Waals surface area contributed by atoms with Crippen molar-refractivity contribution < 1.29 is 19.3 Å². The number of aliphatic hydroxyl groups is 1. The largest absolute Gasteiger partial charge is 0.496 e. The molecular weight excluding hydrogens is 380 g/mol. The summed E-state index contributed by atoms with van der Waals surface area (Å²) in [5.74, 6) is 2.61. The first-order chi connectivity index (χ1) is 14.7. The molecule has 164 valence electrons. The summed E-state index contributed by atoms with van der Waals surface area (Å²) < 4.78 is 16.7. The van der Waals surface area contributed by atoms with Gasteiger partial charge in [0.1, 0.15) is 17.2 Å². The topological polar surface area (TPSA) is 54.4 Å². The van der Waals surface area contributed by atoms with Gasteiger partial charge in [-0.05, 0) is 43.2 Å². The fourth-order valence-electron chi connectivity index (χ4n) is 4.13. The third kappa shape index (κ3) is 5.65. The number of rotatable bonds is 10. The molecule has 0 spiro atoms. The molecule has 1 aliphatic heterocycles. The van der Waals surface area contributed by atoms with Crippen molar-refractivity contribution in [3.63, 3.8) is 0 Å². The molecular formula is C24H34N2O4. The molecule has 1 aliphatic rings. The zero-order chi connectivity index (χ0) is 21.3. The molecule has 2 aromatic rings. The third-order valence-corrected chi connectivity index (χ3v) is 5.68. The van der Waals surface area contributed by atoms with Crippen LogP contribution in [-0.4, -0.2) is 68.0 Å². The van der Waals surface area contributed by atoms with E-state index in [1.165, 1.54) is 5.56 Å². The van der Waals surface area contributed by atoms with Crippen molar-refractivity contribution in [2.45, 2.75) is 32.5 Å². The number of hydrogen-bond donors (Lipinski definition) is 1. The second kappa shape index (κ2) is 11.2. The second-order valence-corrected chi connectivity index (χ2v) is 7.59. The highest BCUT2D eigenvalue weighted by molar-refractivity contribution is 5.44. The number of ether oxygens (including phenoxy) is 3. The van der Waals surface area contributed by atoms with Gasteiger partial charge >= 0.3 is 0 Å². The minimum absolute atomic E-state index is 0.191. The molecule has 1 heterocycles. The number of methoxy groups -OCH3 is 2. The fourth-order valence-corrected chi connectivity index (χ4v) is 4.13. The first kappa shape index (κ1) is 22.4. The highest BCUT2D eigenvalue weighted by atomic mass is 16.5. The summed E-state index contributed by atoms with van der Waals surface area (Å²) in [6.07, 6.45) is 0.761. The number of benzene rings is 2. The summed E-state index contributed by atoms with van der Waals surface area (Å²) in [5, 5.41) is 9.64. The average Bonchev–Trinajstić information content (AvgIpc) is 2.77. The maximum absolute atomic E-state index is 9.64. The molecule has 6 heteroatoms. The second-order valence-electron chi connectivity index (χ2n) is 7.59. The Hall–Kier alpha value is -2.28. The summed E-state index contributed by atoms with van der Waals surface area (Å²) in [6, 6.07) is 14.5. The molecule has 1 fully saturated rings. The van der Waals surface area contributed by atoms with Crippen molar-refractivity contribution in [2.24, 2.45) is 0 Å². The molecule has 0 amide bonds. The van der Waals surface area contributed by atoms with Gasteiger partial charge in [-0.15, -0.1) is 0 Å². The molecule has 6 nitrogen and oxygen atoms in total. The number of hydrogen-bond acceptors (Lipinski definition) is 6. The van der Waals surface area contributed by atoms with Crippen molar-refractivity contribution in [3.8, 4) is 17.2 Å². The van der Waals surface area contributed by atoms with E-state index in [0.717, 1.165) is 62.0 Å². The lowest BCUT2D eigenvalue weighted by molar-refractivity contribution is 0.0492. The van der Waals surface area contributed by atoms with E-state index in [1.807, 2.05) is 37.3 Å². The van der Waals surface area contributed by atoms with Crippen LogP contribution in [0.2, 0.25) is 0 Å². The predicted octanol–water partition coefficient (Wildman–Crippen LogP) is 3.17. The Balaban J connectivity index is 1.66. The van der Waals surface area contributed by atoms with Gasteiger partial charge in [0.05, 0.1) is 26.4 Å². The third-order valence-electron chi connectivity index (χ3n) is 5.68. The molecule has 1 atom stereocenters. The van der Waals surface area contributed by atoms with E-state index in [-0.39, 0.29) is 6.61 Å². The van der Waals surface area contributed by atoms with Crippen molar-refractivity contribution in [2.75, 3.05) is 47.1 Å². The normalized spacial score (nSPS) is 17.7. The molecule has 0 aromatic heterocycles. The van der Waals surface area contributed by atoms with Crippen LogP contribution in [0.5, 0.6) is 17.2 Å². The predicted molar refractivity (Wildman–Crippen MR) is 118 cm³/mol. The standard InChI is InChI=1S/C24H34N2O4/c1-4-30-21-10-8-19(9-11-21)16-26-14-13-25(17-20(26)12-15-27)18-22-23(28-2)6-5-7-24(22)29-3/h5-11,20,27H,4,12-18H2,1-3H3. The van der Waals surface area contributed by atoms with E-state index in [0.29, 0.717) is 12.6 Å². The Morgan fingerprint density at radius 3 is 2.27 bits per heavy atom. The van der Waals surface area contributed by atoms with Crippen molar-refractivity contribution >= 4 is 0 Å². The van der Waals surface area contributed by atoms with E-state index in [4.69, 9.17) is 14.2 Å². The van der Waals surface area contributed by atoms with E-state index in [9.17, 15) is 5.11 Å². The van der Waals surface area contributed by atoms with E-state index >= 15 is 0 Å². The van der Waals surface area contributed by atoms with E-state index < -0.39 is 0 Å². The Bertz CT molecular complexity index is 759. The van der Waals surface area contributed by atoms with Crippen LogP contribution in [-0.2, 0) is 13.1 Å². The molecule has 30 heavy (non-hydrogen) atoms. The van der Waals surface area contributed by atoms with Crippen LogP contribution >= 0.6 is 0 Å². The van der Waals surface area contributed by atoms with Gasteiger partial charge in [0.2, 0.25) is 0 Å². The smallest absolute Gasteiger partial charge is 0.127 e. The highest BCUT2D eigenvalue weighted by Gasteiger charge is 2.28. The van der Waals surface area contributed by atoms with Gasteiger partial charge in [0, 0.05) is 45.4 Å². The zero-order valence-corrected chi connectivity index (χ0v) is 18.3. The van der Waals surface area contributed by atoms with E-state index in [2.05, 4.69) is 21.9 Å². The summed E-state index contributed by atoms with van der Waals surface area (Å²) in [5.41, 5.74) is 2.34. The minimum atomic E-state index is 0.191. The van der Waals surface area contributed by atoms with Crippen molar-refractivity contribution in [1.82, 2.24) is 9.80 Å². The average molecular weight is 415 g/mol. The lowest BCUT2D eigenvalue weighted by Crippen LogP contribution is -2.52. The van der Waals surface area contributed by atoms with Crippen LogP contribution in [0.3, 0.4) is 0 Å². The summed E-state index contributed by atoms with van der Waals surface area (Å²) in [6.45, 7) is 7.32. The molecule has 1 saturated heterocycles. The van der Waals surface area contributed by atoms with Crippen LogP contribution in [0.1, 0.15) is 24.5 Å². The van der Waals surface area contributed by atoms with Crippen LogP contribution in [0.4, 0.5) is 0 Å². The van der Waals surface area contributed by atoms with Crippen molar-refractivity contribution in [1.29, 1.82) is 0 Å². The maximum atomic E-state index is 9.64. The quantitative estimate of drug-likeness (QED) is 0.645. The molecule has 0 radical (unpaired) electrons. The lowest BCUT2D eigenvalue weighted by atomic mass is 10.1. The molecule has 1 N–H and O–H groups in total. The molecule has 0 saturated carbocycles. The summed E-state index contributed by atoms with van der Waals surface area (Å²) in [7, 11) is 3.39. The molecule has 1 unspecified atom stereocenters. The monoisotopic (exact) mass is 414 g/mol. The lowest BCUT2D eigenvalue weighted by Gasteiger charge is -2.41. The van der Waals surface area contributed by atoms with Crippen molar-refractivity contribution in [3.05, 3.63) is 53.6 Å². The first-order valence-electron chi connectivity index (χ1n) is 10.7. The SMILES string of the molecule is CCOc1ccc(CN2CCN(Cc3c(OC)cccc3OC)CC2CCO)cc1. The number of nitrogens with zero attached hydrogens (tertiary/aromatic N) is 2. The summed E-state index contributed by atoms with van der Waals surface area (Å²) in [4.78, 5) is 4.90. The van der Waals surface area contributed by atoms with Gasteiger partial charge < -0.3 is 19.3 Å². The van der Waals surface area contributed by atoms with Crippen LogP contribution in [0.15, 0.2) is 42.5 Å². The van der Waals surface area contributed by atoms with Crippen LogP contribution in [0.25, 0.3) is 0 Å². The molecule has 2 aromatic carbocycles. The number of piperazine rings is 1. The first-order valence-corrected chi connectivity index (χ1v) is 10.7. The molecule has 0 bridgehead atoms. The Labute approximate surface area is 180 Å². The number of aliphatic hydroxyl groups excluding tert-OH is 1. The highest BCUT2D eigenvalue weighted by Crippen LogP contribution is 2.30. The van der Waals surface area contributed by atoms with E-state index in [1.54, 1.807) is 14.2 Å². The van der Waals surface area contributed by atoms with Gasteiger partial charge in [-0.3, -0.25) is 9.80 Å². The van der Waals surface area contributed by atoms with Gasteiger partial charge in [-0.2, -0.15) is 0 Å². The Kier molecular flexibility index (Phi) is 8.37. The van der Waals surface area contributed by atoms with Gasteiger partial charge in [-0.1, -0.05) is 18.2 Å². The molecule has 3 rings (SSSR count). The van der Waals surface area contributed by atoms with Gasteiger partial charge in [-0.25, -0.2) is 0 Å². The maximum Gasteiger partial charge on any atom is 0.127 e.